The summed E-state index contributed by atoms with van der Waals surface area (Å²) in [5, 5.41) is 0. The second-order valence-corrected chi connectivity index (χ2v) is 4.19. The minimum Gasteiger partial charge on any atom is -0.398 e. The summed E-state index contributed by atoms with van der Waals surface area (Å²) < 4.78 is 0. The van der Waals surface area contributed by atoms with Gasteiger partial charge in [-0.25, -0.2) is 0 Å². The van der Waals surface area contributed by atoms with Gasteiger partial charge >= 0.3 is 0 Å². The number of primary amides is 1. The van der Waals surface area contributed by atoms with E-state index in [0.717, 1.165) is 11.1 Å². The summed E-state index contributed by atoms with van der Waals surface area (Å²) in [5.41, 5.74) is 25.1. The maximum atomic E-state index is 11.1. The number of aromatic nitrogens is 1. The molecule has 0 bridgehead atoms. The van der Waals surface area contributed by atoms with Crippen molar-refractivity contribution in [1.29, 1.82) is 0 Å². The lowest BCUT2D eigenvalue weighted by atomic mass is 9.99. The van der Waals surface area contributed by atoms with Gasteiger partial charge in [-0.2, -0.15) is 0 Å². The van der Waals surface area contributed by atoms with Crippen molar-refractivity contribution < 1.29 is 4.79 Å². The quantitative estimate of drug-likeness (QED) is 0.472. The molecule has 0 saturated carbocycles. The van der Waals surface area contributed by atoms with Gasteiger partial charge in [-0.1, -0.05) is 18.2 Å². The summed E-state index contributed by atoms with van der Waals surface area (Å²) in [6.07, 6.45) is 3.33. The monoisotopic (exact) mass is 269 g/mol. The van der Waals surface area contributed by atoms with Crippen molar-refractivity contribution in [3.8, 4) is 11.1 Å². The van der Waals surface area contributed by atoms with Crippen LogP contribution < -0.4 is 22.9 Å². The van der Waals surface area contributed by atoms with Crippen LogP contribution in [0.4, 0.5) is 5.69 Å². The number of nitrogens with two attached hydrogens (primary N) is 4. The highest BCUT2D eigenvalue weighted by molar-refractivity contribution is 6.00. The topological polar surface area (TPSA) is 134 Å². The molecular formula is C14H15N5O. The number of nitrogens with zero attached hydrogens (tertiary/aromatic N) is 1. The third kappa shape index (κ3) is 2.39. The summed E-state index contributed by atoms with van der Waals surface area (Å²) in [6, 6.07) is 8.97. The smallest absolute Gasteiger partial charge is 0.266 e. The molecule has 0 radical (unpaired) electrons. The fraction of sp³-hybridized carbons (Fsp3) is 0. The Labute approximate surface area is 116 Å². The fourth-order valence-corrected chi connectivity index (χ4v) is 1.86. The molecule has 1 amide bonds. The standard InChI is InChI=1S/C14H15N5O/c15-11-9(8-4-6-19-7-5-8)2-1-3-10(11)12(16)13(17)14(18)20/h1-7H,15-17H2,(H2,18,20)/b13-12+. The van der Waals surface area contributed by atoms with Crippen LogP contribution in [0.1, 0.15) is 5.56 Å². The molecule has 0 aliphatic carbocycles. The number of rotatable bonds is 3. The van der Waals surface area contributed by atoms with Crippen LogP contribution in [-0.2, 0) is 4.79 Å². The van der Waals surface area contributed by atoms with Crippen LogP contribution in [0, 0.1) is 0 Å². The lowest BCUT2D eigenvalue weighted by molar-refractivity contribution is -0.114. The highest BCUT2D eigenvalue weighted by Gasteiger charge is 2.13. The van der Waals surface area contributed by atoms with Gasteiger partial charge in [-0.05, 0) is 17.7 Å². The Balaban J connectivity index is 2.60. The Bertz CT molecular complexity index is 679. The van der Waals surface area contributed by atoms with E-state index in [4.69, 9.17) is 22.9 Å². The van der Waals surface area contributed by atoms with Gasteiger partial charge in [-0.15, -0.1) is 0 Å². The second kappa shape index (κ2) is 5.31. The summed E-state index contributed by atoms with van der Waals surface area (Å²) in [4.78, 5) is 15.0. The van der Waals surface area contributed by atoms with Gasteiger partial charge in [0.2, 0.25) is 0 Å². The first kappa shape index (κ1) is 13.4. The molecule has 0 unspecified atom stereocenters. The van der Waals surface area contributed by atoms with Gasteiger partial charge in [-0.3, -0.25) is 9.78 Å². The predicted octanol–water partition coefficient (Wildman–Crippen LogP) is 0.402. The molecule has 8 N–H and O–H groups in total. The van der Waals surface area contributed by atoms with Crippen molar-refractivity contribution >= 4 is 17.3 Å². The molecule has 1 aromatic heterocycles. The minimum atomic E-state index is -0.781. The van der Waals surface area contributed by atoms with E-state index in [2.05, 4.69) is 4.98 Å². The molecule has 6 nitrogen and oxygen atoms in total. The molecule has 1 heterocycles. The van der Waals surface area contributed by atoms with Crippen molar-refractivity contribution in [3.63, 3.8) is 0 Å². The Kier molecular flexibility index (Phi) is 3.56. The van der Waals surface area contributed by atoms with E-state index in [1.165, 1.54) is 0 Å². The van der Waals surface area contributed by atoms with Crippen molar-refractivity contribution in [2.24, 2.45) is 17.2 Å². The van der Waals surface area contributed by atoms with E-state index in [0.29, 0.717) is 11.3 Å². The fourth-order valence-electron chi connectivity index (χ4n) is 1.86. The van der Waals surface area contributed by atoms with E-state index in [9.17, 15) is 4.79 Å². The van der Waals surface area contributed by atoms with Crippen LogP contribution in [0.5, 0.6) is 0 Å². The van der Waals surface area contributed by atoms with Gasteiger partial charge in [0.1, 0.15) is 5.70 Å². The molecule has 2 rings (SSSR count). The summed E-state index contributed by atoms with van der Waals surface area (Å²) in [6.45, 7) is 0. The number of carbonyl (C=O) groups is 1. The molecule has 1 aromatic carbocycles. The maximum absolute atomic E-state index is 11.1. The van der Waals surface area contributed by atoms with Gasteiger partial charge < -0.3 is 22.9 Å². The SMILES string of the molecule is NC(=O)/C(N)=C(\N)c1cccc(-c2ccncc2)c1N. The molecule has 0 fully saturated rings. The predicted molar refractivity (Wildman–Crippen MR) is 78.6 cm³/mol. The van der Waals surface area contributed by atoms with E-state index in [-0.39, 0.29) is 11.4 Å². The van der Waals surface area contributed by atoms with Gasteiger partial charge in [0, 0.05) is 29.2 Å². The molecule has 102 valence electrons. The third-order valence-corrected chi connectivity index (χ3v) is 2.94. The van der Waals surface area contributed by atoms with Crippen molar-refractivity contribution in [2.75, 3.05) is 5.73 Å². The van der Waals surface area contributed by atoms with Crippen LogP contribution in [0.2, 0.25) is 0 Å². The van der Waals surface area contributed by atoms with E-state index >= 15 is 0 Å². The van der Waals surface area contributed by atoms with Crippen LogP contribution >= 0.6 is 0 Å². The highest BCUT2D eigenvalue weighted by atomic mass is 16.1. The summed E-state index contributed by atoms with van der Waals surface area (Å²) in [7, 11) is 0. The van der Waals surface area contributed by atoms with Crippen LogP contribution in [-0.4, -0.2) is 10.9 Å². The van der Waals surface area contributed by atoms with Gasteiger partial charge in [0.25, 0.3) is 5.91 Å². The lowest BCUT2D eigenvalue weighted by Gasteiger charge is -2.12. The average molecular weight is 269 g/mol. The number of benzene rings is 1. The van der Waals surface area contributed by atoms with Crippen LogP contribution in [0.15, 0.2) is 48.4 Å². The molecule has 0 saturated heterocycles. The zero-order valence-electron chi connectivity index (χ0n) is 10.7. The first-order chi connectivity index (χ1) is 9.52. The maximum Gasteiger partial charge on any atom is 0.266 e. The third-order valence-electron chi connectivity index (χ3n) is 2.94. The Morgan fingerprint density at radius 2 is 1.65 bits per heavy atom. The molecular weight excluding hydrogens is 254 g/mol. The van der Waals surface area contributed by atoms with Crippen molar-refractivity contribution in [2.45, 2.75) is 0 Å². The van der Waals surface area contributed by atoms with Gasteiger partial charge in [0.05, 0.1) is 5.70 Å². The number of para-hydroxylation sites is 1. The number of pyridine rings is 1. The number of hydrogen-bond donors (Lipinski definition) is 4. The zero-order chi connectivity index (χ0) is 14.7. The minimum absolute atomic E-state index is 0.0749. The van der Waals surface area contributed by atoms with E-state index < -0.39 is 5.91 Å². The molecule has 0 aliphatic heterocycles. The van der Waals surface area contributed by atoms with Gasteiger partial charge in [0.15, 0.2) is 0 Å². The van der Waals surface area contributed by atoms with E-state index in [1.54, 1.807) is 24.5 Å². The van der Waals surface area contributed by atoms with Crippen molar-refractivity contribution in [1.82, 2.24) is 4.98 Å². The number of carbonyl (C=O) groups excluding carboxylic acids is 1. The first-order valence-corrected chi connectivity index (χ1v) is 5.86. The number of nitrogen functional groups attached to an aromatic ring is 1. The largest absolute Gasteiger partial charge is 0.398 e. The Hall–Kier alpha value is -3.02. The van der Waals surface area contributed by atoms with E-state index in [1.807, 2.05) is 18.2 Å². The molecule has 0 aliphatic rings. The summed E-state index contributed by atoms with van der Waals surface area (Å²) >= 11 is 0. The van der Waals surface area contributed by atoms with Crippen LogP contribution in [0.3, 0.4) is 0 Å². The normalized spacial score (nSPS) is 11.8. The number of hydrogen-bond acceptors (Lipinski definition) is 5. The first-order valence-electron chi connectivity index (χ1n) is 5.86. The molecule has 6 heteroatoms. The molecule has 2 aromatic rings. The average Bonchev–Trinajstić information content (AvgIpc) is 2.47. The van der Waals surface area contributed by atoms with Crippen molar-refractivity contribution in [3.05, 3.63) is 54.0 Å². The molecule has 0 atom stereocenters. The Morgan fingerprint density at radius 1 is 1.00 bits per heavy atom. The molecule has 0 spiro atoms. The highest BCUT2D eigenvalue weighted by Crippen LogP contribution is 2.30. The number of amides is 1. The molecule has 20 heavy (non-hydrogen) atoms. The number of anilines is 1. The lowest BCUT2D eigenvalue weighted by Crippen LogP contribution is -2.24. The second-order valence-electron chi connectivity index (χ2n) is 4.19. The zero-order valence-corrected chi connectivity index (χ0v) is 10.7. The Morgan fingerprint density at radius 3 is 2.25 bits per heavy atom. The summed E-state index contributed by atoms with van der Waals surface area (Å²) in [5.74, 6) is -0.781. The van der Waals surface area contributed by atoms with Crippen LogP contribution in [0.25, 0.3) is 16.8 Å².